The molecule has 1 unspecified atom stereocenters. The molecule has 0 aliphatic carbocycles. The fourth-order valence-electron chi connectivity index (χ4n) is 5.15. The lowest BCUT2D eigenvalue weighted by molar-refractivity contribution is 0.0679. The van der Waals surface area contributed by atoms with E-state index in [4.69, 9.17) is 9.72 Å². The van der Waals surface area contributed by atoms with Crippen LogP contribution >= 0.6 is 0 Å². The van der Waals surface area contributed by atoms with E-state index in [0.29, 0.717) is 12.6 Å². The summed E-state index contributed by atoms with van der Waals surface area (Å²) in [6.45, 7) is 3.37. The molecular formula is C33H34N6O2. The second-order valence-corrected chi connectivity index (χ2v) is 10.3. The summed E-state index contributed by atoms with van der Waals surface area (Å²) in [6.07, 6.45) is 6.22. The van der Waals surface area contributed by atoms with E-state index in [9.17, 15) is 5.11 Å². The molecule has 1 fully saturated rings. The van der Waals surface area contributed by atoms with Gasteiger partial charge in [-0.25, -0.2) is 15.0 Å². The first kappa shape index (κ1) is 26.7. The van der Waals surface area contributed by atoms with Gasteiger partial charge in [-0.05, 0) is 61.2 Å². The molecule has 0 amide bonds. The van der Waals surface area contributed by atoms with Gasteiger partial charge in [-0.15, -0.1) is 0 Å². The summed E-state index contributed by atoms with van der Waals surface area (Å²) in [7, 11) is 0. The number of H-pyrrole nitrogens is 1. The lowest BCUT2D eigenvalue weighted by atomic mass is 10.0. The maximum absolute atomic E-state index is 9.85. The molecule has 6 rings (SSSR count). The second-order valence-electron chi connectivity index (χ2n) is 10.3. The number of likely N-dealkylation sites (tertiary alicyclic amines) is 1. The van der Waals surface area contributed by atoms with Crippen molar-refractivity contribution < 1.29 is 9.84 Å². The predicted octanol–water partition coefficient (Wildman–Crippen LogP) is 6.17. The number of β-amino-alcohol motifs (C(OH)–C–C–N with tert-alkyl or cyclic N) is 1. The Hall–Kier alpha value is -4.53. The van der Waals surface area contributed by atoms with Gasteiger partial charge in [0.15, 0.2) is 0 Å². The standard InChI is InChI=1S/C33H34N6O2/c40-28-13-6-17-39(23-28)18-7-19-41-29-14-5-12-27(21-29)36-33-34-16-15-30(38-33)31-22-35-32(37-31)26-11-4-10-25(20-26)24-8-2-1-3-9-24/h1-5,8-12,14-16,20-22,28,40H,6-7,13,17-19,23H2,(H,35,37)(H,34,36,38). The number of aromatic nitrogens is 4. The highest BCUT2D eigenvalue weighted by Gasteiger charge is 2.17. The number of hydrogen-bond donors (Lipinski definition) is 3. The van der Waals surface area contributed by atoms with Crippen LogP contribution < -0.4 is 10.1 Å². The van der Waals surface area contributed by atoms with Crippen LogP contribution in [0.4, 0.5) is 11.6 Å². The number of benzene rings is 3. The third kappa shape index (κ3) is 6.98. The van der Waals surface area contributed by atoms with Crippen molar-refractivity contribution in [3.8, 4) is 39.7 Å². The van der Waals surface area contributed by atoms with Crippen LogP contribution in [0.3, 0.4) is 0 Å². The van der Waals surface area contributed by atoms with Crippen LogP contribution in [0.15, 0.2) is 97.3 Å². The Morgan fingerprint density at radius 2 is 1.78 bits per heavy atom. The number of aliphatic hydroxyl groups excluding tert-OH is 1. The zero-order valence-electron chi connectivity index (χ0n) is 22.9. The molecule has 208 valence electrons. The van der Waals surface area contributed by atoms with E-state index in [-0.39, 0.29) is 6.10 Å². The highest BCUT2D eigenvalue weighted by molar-refractivity contribution is 5.71. The van der Waals surface area contributed by atoms with Crippen molar-refractivity contribution in [3.63, 3.8) is 0 Å². The maximum atomic E-state index is 9.85. The molecule has 1 saturated heterocycles. The lowest BCUT2D eigenvalue weighted by Crippen LogP contribution is -2.39. The minimum absolute atomic E-state index is 0.194. The smallest absolute Gasteiger partial charge is 0.227 e. The molecule has 0 bridgehead atoms. The normalized spacial score (nSPS) is 15.5. The Kier molecular flexibility index (Phi) is 8.30. The number of nitrogens with one attached hydrogen (secondary N) is 2. The highest BCUT2D eigenvalue weighted by atomic mass is 16.5. The zero-order valence-corrected chi connectivity index (χ0v) is 22.9. The molecule has 41 heavy (non-hydrogen) atoms. The Morgan fingerprint density at radius 3 is 2.68 bits per heavy atom. The molecule has 1 atom stereocenters. The van der Waals surface area contributed by atoms with Crippen LogP contribution in [0.2, 0.25) is 0 Å². The summed E-state index contributed by atoms with van der Waals surface area (Å²) in [5, 5.41) is 13.1. The van der Waals surface area contributed by atoms with Crippen LogP contribution in [0.5, 0.6) is 5.75 Å². The molecular weight excluding hydrogens is 512 g/mol. The number of piperidine rings is 1. The molecule has 1 aliphatic rings. The Bertz CT molecular complexity index is 1570. The maximum Gasteiger partial charge on any atom is 0.227 e. The highest BCUT2D eigenvalue weighted by Crippen LogP contribution is 2.27. The third-order valence-corrected chi connectivity index (χ3v) is 7.21. The lowest BCUT2D eigenvalue weighted by Gasteiger charge is -2.29. The topological polar surface area (TPSA) is 99.2 Å². The van der Waals surface area contributed by atoms with E-state index in [2.05, 4.69) is 55.5 Å². The Morgan fingerprint density at radius 1 is 0.927 bits per heavy atom. The van der Waals surface area contributed by atoms with E-state index in [1.807, 2.05) is 54.6 Å². The predicted molar refractivity (Wildman–Crippen MR) is 162 cm³/mol. The van der Waals surface area contributed by atoms with Crippen LogP contribution in [-0.2, 0) is 0 Å². The van der Waals surface area contributed by atoms with Gasteiger partial charge in [0.1, 0.15) is 11.6 Å². The summed E-state index contributed by atoms with van der Waals surface area (Å²) < 4.78 is 5.99. The summed E-state index contributed by atoms with van der Waals surface area (Å²) in [4.78, 5) is 19.5. The molecule has 8 nitrogen and oxygen atoms in total. The number of ether oxygens (including phenoxy) is 1. The average Bonchev–Trinajstić information content (AvgIpc) is 3.51. The number of aromatic amines is 1. The number of nitrogens with zero attached hydrogens (tertiary/aromatic N) is 4. The van der Waals surface area contributed by atoms with Crippen LogP contribution in [0.25, 0.3) is 33.9 Å². The molecule has 3 N–H and O–H groups in total. The van der Waals surface area contributed by atoms with Crippen molar-refractivity contribution in [3.05, 3.63) is 97.3 Å². The SMILES string of the molecule is OC1CCCN(CCCOc2cccc(Nc3nccc(-c4cnc(-c5cccc(-c6ccccc6)c5)[nH]4)n3)c2)C1. The van der Waals surface area contributed by atoms with Crippen molar-refractivity contribution in [1.29, 1.82) is 0 Å². The quantitative estimate of drug-likeness (QED) is 0.180. The van der Waals surface area contributed by atoms with E-state index in [1.165, 1.54) is 5.56 Å². The molecule has 1 aliphatic heterocycles. The van der Waals surface area contributed by atoms with Crippen molar-refractivity contribution in [1.82, 2.24) is 24.8 Å². The second kappa shape index (κ2) is 12.8. The molecule has 0 radical (unpaired) electrons. The van der Waals surface area contributed by atoms with E-state index in [0.717, 1.165) is 78.7 Å². The van der Waals surface area contributed by atoms with Gasteiger partial charge in [0.25, 0.3) is 0 Å². The number of hydrogen-bond acceptors (Lipinski definition) is 7. The largest absolute Gasteiger partial charge is 0.493 e. The van der Waals surface area contributed by atoms with Crippen LogP contribution in [-0.4, -0.2) is 62.3 Å². The van der Waals surface area contributed by atoms with Gasteiger partial charge in [-0.2, -0.15) is 0 Å². The van der Waals surface area contributed by atoms with Crippen molar-refractivity contribution in [2.45, 2.75) is 25.4 Å². The average molecular weight is 547 g/mol. The molecule has 8 heteroatoms. The van der Waals surface area contributed by atoms with E-state index >= 15 is 0 Å². The molecule has 3 heterocycles. The number of aliphatic hydroxyl groups is 1. The van der Waals surface area contributed by atoms with Gasteiger partial charge in [0, 0.05) is 36.6 Å². The summed E-state index contributed by atoms with van der Waals surface area (Å²) >= 11 is 0. The van der Waals surface area contributed by atoms with Crippen LogP contribution in [0, 0.1) is 0 Å². The summed E-state index contributed by atoms with van der Waals surface area (Å²) in [6, 6.07) is 28.3. The first-order valence-electron chi connectivity index (χ1n) is 14.1. The molecule has 3 aromatic carbocycles. The summed E-state index contributed by atoms with van der Waals surface area (Å²) in [5.74, 6) is 2.07. The van der Waals surface area contributed by atoms with Gasteiger partial charge in [-0.3, -0.25) is 0 Å². The Labute approximate surface area is 240 Å². The fourth-order valence-corrected chi connectivity index (χ4v) is 5.15. The zero-order chi connectivity index (χ0) is 27.9. The number of imidazole rings is 1. The van der Waals surface area contributed by atoms with Crippen LogP contribution in [0.1, 0.15) is 19.3 Å². The van der Waals surface area contributed by atoms with E-state index in [1.54, 1.807) is 12.4 Å². The van der Waals surface area contributed by atoms with Gasteiger partial charge in [-0.1, -0.05) is 54.6 Å². The first-order valence-corrected chi connectivity index (χ1v) is 14.1. The minimum Gasteiger partial charge on any atom is -0.493 e. The van der Waals surface area contributed by atoms with E-state index < -0.39 is 0 Å². The summed E-state index contributed by atoms with van der Waals surface area (Å²) in [5.41, 5.74) is 5.73. The minimum atomic E-state index is -0.194. The molecule has 2 aromatic heterocycles. The molecule has 5 aromatic rings. The monoisotopic (exact) mass is 546 g/mol. The molecule has 0 saturated carbocycles. The third-order valence-electron chi connectivity index (χ3n) is 7.21. The first-order chi connectivity index (χ1) is 20.2. The van der Waals surface area contributed by atoms with Gasteiger partial charge < -0.3 is 25.0 Å². The van der Waals surface area contributed by atoms with Gasteiger partial charge in [0.05, 0.1) is 30.3 Å². The number of rotatable bonds is 10. The van der Waals surface area contributed by atoms with Crippen molar-refractivity contribution in [2.24, 2.45) is 0 Å². The van der Waals surface area contributed by atoms with Gasteiger partial charge >= 0.3 is 0 Å². The Balaban J connectivity index is 1.08. The van der Waals surface area contributed by atoms with Crippen molar-refractivity contribution >= 4 is 11.6 Å². The van der Waals surface area contributed by atoms with Gasteiger partial charge in [0.2, 0.25) is 5.95 Å². The fraction of sp³-hybridized carbons (Fsp3) is 0.242. The molecule has 0 spiro atoms. The van der Waals surface area contributed by atoms with Crippen molar-refractivity contribution in [2.75, 3.05) is 31.6 Å². The number of anilines is 2.